The Morgan fingerprint density at radius 3 is 2.84 bits per heavy atom. The third kappa shape index (κ3) is 4.30. The van der Waals surface area contributed by atoms with Crippen molar-refractivity contribution in [3.8, 4) is 0 Å². The molecule has 0 radical (unpaired) electrons. The van der Waals surface area contributed by atoms with Gasteiger partial charge in [0.1, 0.15) is 0 Å². The summed E-state index contributed by atoms with van der Waals surface area (Å²) in [6, 6.07) is 2.19. The highest BCUT2D eigenvalue weighted by molar-refractivity contribution is 7.07. The van der Waals surface area contributed by atoms with Gasteiger partial charge in [-0.25, -0.2) is 0 Å². The lowest BCUT2D eigenvalue weighted by molar-refractivity contribution is 0.0214. The quantitative estimate of drug-likeness (QED) is 0.891. The van der Waals surface area contributed by atoms with Gasteiger partial charge in [-0.2, -0.15) is 11.3 Å². The summed E-state index contributed by atoms with van der Waals surface area (Å²) in [7, 11) is 2.17. The summed E-state index contributed by atoms with van der Waals surface area (Å²) >= 11 is 1.76. The SMILES string of the molecule is CC(C)C1CCC(O)C(CN(C)Cc2ccsc2)C1. The Hall–Kier alpha value is -0.380. The summed E-state index contributed by atoms with van der Waals surface area (Å²) in [6.07, 6.45) is 3.27. The lowest BCUT2D eigenvalue weighted by Gasteiger charge is -2.37. The fraction of sp³-hybridized carbons (Fsp3) is 0.750. The molecule has 2 nitrogen and oxygen atoms in total. The number of thiophene rings is 1. The highest BCUT2D eigenvalue weighted by atomic mass is 32.1. The van der Waals surface area contributed by atoms with Crippen molar-refractivity contribution in [3.63, 3.8) is 0 Å². The molecule has 0 aromatic carbocycles. The van der Waals surface area contributed by atoms with E-state index in [0.717, 1.165) is 31.3 Å². The van der Waals surface area contributed by atoms with E-state index in [1.807, 2.05) is 0 Å². The van der Waals surface area contributed by atoms with Crippen molar-refractivity contribution in [3.05, 3.63) is 22.4 Å². The smallest absolute Gasteiger partial charge is 0.0580 e. The molecule has 3 atom stereocenters. The van der Waals surface area contributed by atoms with Crippen LogP contribution >= 0.6 is 11.3 Å². The van der Waals surface area contributed by atoms with Crippen LogP contribution in [0.2, 0.25) is 0 Å². The van der Waals surface area contributed by atoms with Crippen LogP contribution < -0.4 is 0 Å². The molecule has 1 aliphatic carbocycles. The second-order valence-corrected chi connectivity index (χ2v) is 7.25. The van der Waals surface area contributed by atoms with Crippen LogP contribution in [0.5, 0.6) is 0 Å². The highest BCUT2D eigenvalue weighted by Crippen LogP contribution is 2.34. The van der Waals surface area contributed by atoms with Crippen LogP contribution in [-0.4, -0.2) is 29.7 Å². The molecule has 0 saturated heterocycles. The minimum atomic E-state index is -0.0973. The zero-order chi connectivity index (χ0) is 13.8. The van der Waals surface area contributed by atoms with Crippen molar-refractivity contribution in [2.24, 2.45) is 17.8 Å². The molecule has 1 fully saturated rings. The minimum absolute atomic E-state index is 0.0973. The first-order chi connectivity index (χ1) is 9.06. The lowest BCUT2D eigenvalue weighted by atomic mass is 9.74. The van der Waals surface area contributed by atoms with E-state index in [9.17, 15) is 5.11 Å². The first-order valence-electron chi connectivity index (χ1n) is 7.44. The monoisotopic (exact) mass is 281 g/mol. The van der Waals surface area contributed by atoms with Crippen molar-refractivity contribution >= 4 is 11.3 Å². The number of rotatable bonds is 5. The highest BCUT2D eigenvalue weighted by Gasteiger charge is 2.31. The largest absolute Gasteiger partial charge is 0.393 e. The molecule has 19 heavy (non-hydrogen) atoms. The number of nitrogens with zero attached hydrogens (tertiary/aromatic N) is 1. The zero-order valence-electron chi connectivity index (χ0n) is 12.4. The Kier molecular flexibility index (Phi) is 5.43. The standard InChI is InChI=1S/C16H27NOS/c1-12(2)14-4-5-16(18)15(8-14)10-17(3)9-13-6-7-19-11-13/h6-7,11-12,14-16,18H,4-5,8-10H2,1-3H3. The van der Waals surface area contributed by atoms with Gasteiger partial charge in [-0.1, -0.05) is 13.8 Å². The molecular formula is C16H27NOS. The van der Waals surface area contributed by atoms with E-state index in [-0.39, 0.29) is 6.10 Å². The van der Waals surface area contributed by atoms with E-state index in [1.165, 1.54) is 18.4 Å². The summed E-state index contributed by atoms with van der Waals surface area (Å²) in [5.74, 6) is 1.99. The van der Waals surface area contributed by atoms with Gasteiger partial charge in [0.25, 0.3) is 0 Å². The van der Waals surface area contributed by atoms with Crippen LogP contribution in [0.3, 0.4) is 0 Å². The van der Waals surface area contributed by atoms with Crippen molar-refractivity contribution in [1.29, 1.82) is 0 Å². The molecule has 3 unspecified atom stereocenters. The van der Waals surface area contributed by atoms with Crippen LogP contribution in [0.15, 0.2) is 16.8 Å². The first-order valence-corrected chi connectivity index (χ1v) is 8.38. The predicted octanol–water partition coefficient (Wildman–Crippen LogP) is 3.61. The molecule has 1 aromatic rings. The Balaban J connectivity index is 1.85. The van der Waals surface area contributed by atoms with E-state index >= 15 is 0 Å². The summed E-state index contributed by atoms with van der Waals surface area (Å²) in [6.45, 7) is 6.64. The van der Waals surface area contributed by atoms with Crippen molar-refractivity contribution in [1.82, 2.24) is 4.90 Å². The van der Waals surface area contributed by atoms with Gasteiger partial charge >= 0.3 is 0 Å². The summed E-state index contributed by atoms with van der Waals surface area (Å²) in [5.41, 5.74) is 1.39. The number of aliphatic hydroxyl groups is 1. The maximum absolute atomic E-state index is 10.2. The van der Waals surface area contributed by atoms with Crippen LogP contribution in [0, 0.1) is 17.8 Å². The molecule has 108 valence electrons. The molecule has 1 saturated carbocycles. The van der Waals surface area contributed by atoms with Crippen LogP contribution in [0.25, 0.3) is 0 Å². The van der Waals surface area contributed by atoms with Gasteiger partial charge in [-0.3, -0.25) is 0 Å². The molecule has 2 rings (SSSR count). The number of hydrogen-bond donors (Lipinski definition) is 1. The van der Waals surface area contributed by atoms with Crippen molar-refractivity contribution < 1.29 is 5.11 Å². The summed E-state index contributed by atoms with van der Waals surface area (Å²) in [4.78, 5) is 2.36. The average Bonchev–Trinajstić information content (AvgIpc) is 2.84. The predicted molar refractivity (Wildman–Crippen MR) is 82.3 cm³/mol. The Morgan fingerprint density at radius 2 is 2.21 bits per heavy atom. The Bertz CT molecular complexity index is 363. The maximum Gasteiger partial charge on any atom is 0.0580 e. The van der Waals surface area contributed by atoms with Gasteiger partial charge in [-0.15, -0.1) is 0 Å². The first kappa shape index (κ1) is 15.0. The topological polar surface area (TPSA) is 23.5 Å². The van der Waals surface area contributed by atoms with Crippen LogP contribution in [0.4, 0.5) is 0 Å². The molecule has 3 heteroatoms. The molecule has 1 aromatic heterocycles. The third-order valence-electron chi connectivity index (χ3n) is 4.50. The molecule has 1 heterocycles. The average molecular weight is 281 g/mol. The molecule has 1 aliphatic rings. The maximum atomic E-state index is 10.2. The fourth-order valence-electron chi connectivity index (χ4n) is 3.25. The van der Waals surface area contributed by atoms with Gasteiger partial charge in [0.2, 0.25) is 0 Å². The van der Waals surface area contributed by atoms with E-state index in [4.69, 9.17) is 0 Å². The number of aliphatic hydroxyl groups excluding tert-OH is 1. The molecule has 0 spiro atoms. The Morgan fingerprint density at radius 1 is 1.42 bits per heavy atom. The molecule has 0 amide bonds. The summed E-state index contributed by atoms with van der Waals surface area (Å²) in [5, 5.41) is 14.6. The van der Waals surface area contributed by atoms with Crippen molar-refractivity contribution in [2.75, 3.05) is 13.6 Å². The van der Waals surface area contributed by atoms with E-state index in [2.05, 4.69) is 42.6 Å². The van der Waals surface area contributed by atoms with E-state index in [1.54, 1.807) is 11.3 Å². The van der Waals surface area contributed by atoms with Gasteiger partial charge in [0.15, 0.2) is 0 Å². The van der Waals surface area contributed by atoms with Gasteiger partial charge < -0.3 is 10.0 Å². The molecular weight excluding hydrogens is 254 g/mol. The second-order valence-electron chi connectivity index (χ2n) is 6.47. The lowest BCUT2D eigenvalue weighted by Crippen LogP contribution is -2.38. The molecule has 0 aliphatic heterocycles. The third-order valence-corrected chi connectivity index (χ3v) is 5.24. The molecule has 0 bridgehead atoms. The zero-order valence-corrected chi connectivity index (χ0v) is 13.2. The van der Waals surface area contributed by atoms with E-state index in [0.29, 0.717) is 5.92 Å². The Labute approximate surface area is 121 Å². The van der Waals surface area contributed by atoms with Crippen LogP contribution in [0.1, 0.15) is 38.7 Å². The van der Waals surface area contributed by atoms with Gasteiger partial charge in [0.05, 0.1) is 6.10 Å². The summed E-state index contributed by atoms with van der Waals surface area (Å²) < 4.78 is 0. The second kappa shape index (κ2) is 6.87. The minimum Gasteiger partial charge on any atom is -0.393 e. The van der Waals surface area contributed by atoms with Crippen molar-refractivity contribution in [2.45, 2.75) is 45.8 Å². The molecule has 1 N–H and O–H groups in total. The number of hydrogen-bond acceptors (Lipinski definition) is 3. The van der Waals surface area contributed by atoms with Gasteiger partial charge in [0, 0.05) is 13.1 Å². The normalized spacial score (nSPS) is 28.2. The van der Waals surface area contributed by atoms with Gasteiger partial charge in [-0.05, 0) is 66.5 Å². The van der Waals surface area contributed by atoms with Crippen LogP contribution in [-0.2, 0) is 6.54 Å². The fourth-order valence-corrected chi connectivity index (χ4v) is 3.91. The van der Waals surface area contributed by atoms with E-state index < -0.39 is 0 Å².